The molecule has 3 heteroatoms. The van der Waals surface area contributed by atoms with E-state index in [0.717, 1.165) is 11.2 Å². The van der Waals surface area contributed by atoms with E-state index in [1.807, 2.05) is 6.07 Å². The van der Waals surface area contributed by atoms with Crippen molar-refractivity contribution in [2.75, 3.05) is 0 Å². The Balaban J connectivity index is 1.58. The Morgan fingerprint density at radius 1 is 0.515 bits per heavy atom. The molecule has 0 amide bonds. The van der Waals surface area contributed by atoms with Crippen LogP contribution in [0.3, 0.4) is 0 Å². The summed E-state index contributed by atoms with van der Waals surface area (Å²) in [5, 5.41) is 10.1. The zero-order valence-electron chi connectivity index (χ0n) is 17.5. The maximum Gasteiger partial charge on any atom is 0.136 e. The normalized spacial score (nSPS) is 12.8. The van der Waals surface area contributed by atoms with E-state index >= 15 is 0 Å². The highest BCUT2D eigenvalue weighted by Crippen LogP contribution is 2.45. The number of furan rings is 1. The molecule has 0 radical (unpaired) electrons. The van der Waals surface area contributed by atoms with Gasteiger partial charge in [-0.15, -0.1) is 0 Å². The third-order valence-electron chi connectivity index (χ3n) is 7.44. The van der Waals surface area contributed by atoms with E-state index < -0.39 is 0 Å². The van der Waals surface area contributed by atoms with E-state index in [1.54, 1.807) is 0 Å². The van der Waals surface area contributed by atoms with Gasteiger partial charge in [-0.25, -0.2) is 0 Å². The van der Waals surface area contributed by atoms with Crippen molar-refractivity contribution in [2.24, 2.45) is 0 Å². The SMILES string of the molecule is c1ccc2c(c1)[nH]c1cc3c(cc12)c1cccc2c4c5c(ccc4n3c12)oc1ccccc15. The Morgan fingerprint density at radius 2 is 1.33 bits per heavy atom. The zero-order chi connectivity index (χ0) is 21.3. The summed E-state index contributed by atoms with van der Waals surface area (Å²) in [7, 11) is 0. The maximum atomic E-state index is 6.21. The predicted molar refractivity (Wildman–Crippen MR) is 138 cm³/mol. The standard InChI is InChI=1S/C30H16N2O/c1-3-10-22-16(6-1)20-14-21-17-8-5-9-19-28-24(32(30(17)19)25(21)15-23(20)31-22)12-13-27-29(28)18-7-2-4-11-26(18)33-27/h1-15,31H. The minimum absolute atomic E-state index is 0.939. The predicted octanol–water partition coefficient (Wildman–Crippen LogP) is 8.37. The number of hydrogen-bond donors (Lipinski definition) is 1. The van der Waals surface area contributed by atoms with Crippen molar-refractivity contribution < 1.29 is 4.42 Å². The minimum atomic E-state index is 0.939. The van der Waals surface area contributed by atoms with Crippen LogP contribution in [0.2, 0.25) is 0 Å². The average Bonchev–Trinajstić information content (AvgIpc) is 3.58. The Labute approximate surface area is 186 Å². The molecule has 0 aliphatic carbocycles. The van der Waals surface area contributed by atoms with Crippen molar-refractivity contribution in [2.45, 2.75) is 0 Å². The summed E-state index contributed by atoms with van der Waals surface area (Å²) in [6, 6.07) is 32.6. The fourth-order valence-electron chi connectivity index (χ4n) is 6.13. The maximum absolute atomic E-state index is 6.21. The minimum Gasteiger partial charge on any atom is -0.456 e. The van der Waals surface area contributed by atoms with Crippen molar-refractivity contribution in [3.63, 3.8) is 0 Å². The van der Waals surface area contributed by atoms with Gasteiger partial charge in [0.05, 0.1) is 16.6 Å². The smallest absolute Gasteiger partial charge is 0.136 e. The molecule has 0 saturated heterocycles. The second-order valence-electron chi connectivity index (χ2n) is 9.05. The van der Waals surface area contributed by atoms with Crippen molar-refractivity contribution in [3.05, 3.63) is 91.0 Å². The van der Waals surface area contributed by atoms with Gasteiger partial charge in [-0.2, -0.15) is 0 Å². The van der Waals surface area contributed by atoms with Crippen LogP contribution in [-0.2, 0) is 0 Å². The molecule has 0 spiro atoms. The quantitative estimate of drug-likeness (QED) is 0.263. The summed E-state index contributed by atoms with van der Waals surface area (Å²) in [4.78, 5) is 3.63. The Hall–Kier alpha value is -4.50. The summed E-state index contributed by atoms with van der Waals surface area (Å²) in [5.41, 5.74) is 7.99. The Morgan fingerprint density at radius 3 is 2.30 bits per heavy atom. The number of benzene rings is 5. The first-order valence-corrected chi connectivity index (χ1v) is 11.3. The Bertz CT molecular complexity index is 2240. The molecular weight excluding hydrogens is 404 g/mol. The topological polar surface area (TPSA) is 33.3 Å². The average molecular weight is 420 g/mol. The van der Waals surface area contributed by atoms with Crippen molar-refractivity contribution in [3.8, 4) is 0 Å². The highest BCUT2D eigenvalue weighted by atomic mass is 16.3. The van der Waals surface area contributed by atoms with Gasteiger partial charge in [0.2, 0.25) is 0 Å². The monoisotopic (exact) mass is 420 g/mol. The first-order valence-electron chi connectivity index (χ1n) is 11.3. The number of H-pyrrole nitrogens is 1. The van der Waals surface area contributed by atoms with Gasteiger partial charge >= 0.3 is 0 Å². The number of aromatic nitrogens is 2. The summed E-state index contributed by atoms with van der Waals surface area (Å²) in [6.45, 7) is 0. The lowest BCUT2D eigenvalue weighted by atomic mass is 10.0. The van der Waals surface area contributed by atoms with Crippen LogP contribution in [0.15, 0.2) is 95.4 Å². The summed E-state index contributed by atoms with van der Waals surface area (Å²) < 4.78 is 8.66. The molecule has 5 aromatic carbocycles. The second kappa shape index (κ2) is 5.28. The van der Waals surface area contributed by atoms with Crippen LogP contribution in [0.1, 0.15) is 0 Å². The molecule has 4 heterocycles. The van der Waals surface area contributed by atoms with Crippen LogP contribution >= 0.6 is 0 Å². The molecule has 0 saturated carbocycles. The lowest BCUT2D eigenvalue weighted by Gasteiger charge is -2.00. The number of aromatic amines is 1. The van der Waals surface area contributed by atoms with Gasteiger partial charge in [-0.05, 0) is 36.4 Å². The van der Waals surface area contributed by atoms with Gasteiger partial charge in [-0.1, -0.05) is 54.6 Å². The molecule has 0 fully saturated rings. The van der Waals surface area contributed by atoms with E-state index in [-0.39, 0.29) is 0 Å². The molecule has 0 bridgehead atoms. The molecule has 0 atom stereocenters. The molecule has 0 unspecified atom stereocenters. The molecule has 4 aromatic heterocycles. The summed E-state index contributed by atoms with van der Waals surface area (Å²) in [5.74, 6) is 0. The molecule has 9 rings (SSSR count). The van der Waals surface area contributed by atoms with Crippen LogP contribution in [0.5, 0.6) is 0 Å². The van der Waals surface area contributed by atoms with Gasteiger partial charge in [0.1, 0.15) is 11.2 Å². The van der Waals surface area contributed by atoms with Crippen LogP contribution in [0.4, 0.5) is 0 Å². The highest BCUT2D eigenvalue weighted by molar-refractivity contribution is 6.32. The van der Waals surface area contributed by atoms with Crippen LogP contribution < -0.4 is 0 Å². The number of para-hydroxylation sites is 3. The fraction of sp³-hybridized carbons (Fsp3) is 0. The van der Waals surface area contributed by atoms with E-state index in [2.05, 4.69) is 94.3 Å². The molecule has 3 nitrogen and oxygen atoms in total. The molecular formula is C30H16N2O. The van der Waals surface area contributed by atoms with Crippen molar-refractivity contribution in [1.29, 1.82) is 0 Å². The third kappa shape index (κ3) is 1.77. The van der Waals surface area contributed by atoms with Gasteiger partial charge < -0.3 is 13.8 Å². The van der Waals surface area contributed by atoms with Gasteiger partial charge in [0.15, 0.2) is 0 Å². The largest absolute Gasteiger partial charge is 0.456 e. The van der Waals surface area contributed by atoms with Gasteiger partial charge in [0, 0.05) is 54.1 Å². The van der Waals surface area contributed by atoms with Crippen LogP contribution in [0.25, 0.3) is 81.8 Å². The molecule has 0 aliphatic heterocycles. The molecule has 9 aromatic rings. The second-order valence-corrected chi connectivity index (χ2v) is 9.05. The zero-order valence-corrected chi connectivity index (χ0v) is 17.5. The fourth-order valence-corrected chi connectivity index (χ4v) is 6.13. The molecule has 33 heavy (non-hydrogen) atoms. The number of fused-ring (bicyclic) bond motifs is 13. The van der Waals surface area contributed by atoms with E-state index in [4.69, 9.17) is 4.42 Å². The van der Waals surface area contributed by atoms with Crippen molar-refractivity contribution in [1.82, 2.24) is 9.38 Å². The van der Waals surface area contributed by atoms with E-state index in [0.29, 0.717) is 0 Å². The first kappa shape index (κ1) is 16.2. The summed E-state index contributed by atoms with van der Waals surface area (Å²) in [6.07, 6.45) is 0. The van der Waals surface area contributed by atoms with Crippen LogP contribution in [0, 0.1) is 0 Å². The van der Waals surface area contributed by atoms with Crippen LogP contribution in [-0.4, -0.2) is 9.38 Å². The number of nitrogens with zero attached hydrogens (tertiary/aromatic N) is 1. The number of nitrogens with one attached hydrogen (secondary N) is 1. The lowest BCUT2D eigenvalue weighted by molar-refractivity contribution is 0.669. The molecule has 152 valence electrons. The third-order valence-corrected chi connectivity index (χ3v) is 7.44. The van der Waals surface area contributed by atoms with Crippen molar-refractivity contribution >= 4 is 81.8 Å². The Kier molecular flexibility index (Phi) is 2.59. The molecule has 1 N–H and O–H groups in total. The number of hydrogen-bond acceptors (Lipinski definition) is 1. The van der Waals surface area contributed by atoms with Gasteiger partial charge in [-0.3, -0.25) is 0 Å². The summed E-state index contributed by atoms with van der Waals surface area (Å²) >= 11 is 0. The molecule has 0 aliphatic rings. The lowest BCUT2D eigenvalue weighted by Crippen LogP contribution is -1.81. The van der Waals surface area contributed by atoms with E-state index in [1.165, 1.54) is 70.7 Å². The highest BCUT2D eigenvalue weighted by Gasteiger charge is 2.21. The number of rotatable bonds is 0. The van der Waals surface area contributed by atoms with Gasteiger partial charge in [0.25, 0.3) is 0 Å². The first-order chi connectivity index (χ1) is 16.4. The van der Waals surface area contributed by atoms with E-state index in [9.17, 15) is 0 Å².